The number of hydrogen-bond acceptors (Lipinski definition) is 8. The molecule has 0 radical (unpaired) electrons. The minimum absolute atomic E-state index is 0.212. The van der Waals surface area contributed by atoms with Crippen molar-refractivity contribution in [3.8, 4) is 34.5 Å². The van der Waals surface area contributed by atoms with Crippen molar-refractivity contribution >= 4 is 34.8 Å². The van der Waals surface area contributed by atoms with E-state index in [0.29, 0.717) is 45.9 Å². The molecule has 196 valence electrons. The van der Waals surface area contributed by atoms with Crippen LogP contribution in [0.25, 0.3) is 0 Å². The van der Waals surface area contributed by atoms with Gasteiger partial charge in [-0.2, -0.15) is 0 Å². The van der Waals surface area contributed by atoms with Gasteiger partial charge in [-0.1, -0.05) is 11.6 Å². The molecular weight excluding hydrogens is 504 g/mol. The molecular formula is C26H27ClN2O8. The molecule has 0 unspecified atom stereocenters. The molecule has 0 atom stereocenters. The number of carbonyl (C=O) groups is 2. The quantitative estimate of drug-likeness (QED) is 0.380. The van der Waals surface area contributed by atoms with Gasteiger partial charge in [0, 0.05) is 16.8 Å². The molecule has 0 saturated heterocycles. The van der Waals surface area contributed by atoms with Crippen LogP contribution in [-0.2, 0) is 0 Å². The average molecular weight is 531 g/mol. The van der Waals surface area contributed by atoms with Crippen molar-refractivity contribution in [1.29, 1.82) is 0 Å². The van der Waals surface area contributed by atoms with E-state index in [9.17, 15) is 9.59 Å². The maximum Gasteiger partial charge on any atom is 0.255 e. The molecule has 0 spiro atoms. The maximum atomic E-state index is 12.9. The molecule has 37 heavy (non-hydrogen) atoms. The van der Waals surface area contributed by atoms with Gasteiger partial charge in [0.05, 0.1) is 53.4 Å². The Labute approximate surface area is 219 Å². The number of anilines is 2. The highest BCUT2D eigenvalue weighted by atomic mass is 35.5. The van der Waals surface area contributed by atoms with Gasteiger partial charge in [-0.05, 0) is 42.5 Å². The van der Waals surface area contributed by atoms with Gasteiger partial charge in [0.2, 0.25) is 11.5 Å². The lowest BCUT2D eigenvalue weighted by Gasteiger charge is -2.15. The molecule has 0 bridgehead atoms. The first-order valence-corrected chi connectivity index (χ1v) is 11.2. The molecule has 3 rings (SSSR count). The van der Waals surface area contributed by atoms with Crippen LogP contribution in [0.4, 0.5) is 11.4 Å². The van der Waals surface area contributed by atoms with E-state index in [1.165, 1.54) is 73.0 Å². The molecule has 0 fully saturated rings. The first-order valence-electron chi connectivity index (χ1n) is 10.8. The standard InChI is InChI=1S/C26H27ClN2O8/c1-32-19-9-14(10-20(33-2)23(19)36-5)25(30)28-16-7-8-18(17(27)13-16)29-26(31)15-11-21(34-3)24(37-6)22(12-15)35-4/h7-13H,1-6H3,(H,28,30)(H,29,31). The van der Waals surface area contributed by atoms with Gasteiger partial charge in [0.25, 0.3) is 11.8 Å². The van der Waals surface area contributed by atoms with Crippen LogP contribution in [0.1, 0.15) is 20.7 Å². The van der Waals surface area contributed by atoms with Crippen molar-refractivity contribution in [2.24, 2.45) is 0 Å². The van der Waals surface area contributed by atoms with Crippen molar-refractivity contribution in [2.45, 2.75) is 0 Å². The second-order valence-electron chi connectivity index (χ2n) is 7.43. The van der Waals surface area contributed by atoms with Crippen LogP contribution < -0.4 is 39.1 Å². The van der Waals surface area contributed by atoms with Crippen molar-refractivity contribution in [2.75, 3.05) is 53.3 Å². The highest BCUT2D eigenvalue weighted by molar-refractivity contribution is 6.34. The van der Waals surface area contributed by atoms with Gasteiger partial charge in [0.15, 0.2) is 23.0 Å². The highest BCUT2D eigenvalue weighted by Gasteiger charge is 2.19. The lowest BCUT2D eigenvalue weighted by molar-refractivity contribution is 0.101. The molecule has 3 aromatic rings. The number of nitrogens with one attached hydrogen (secondary N) is 2. The second kappa shape index (κ2) is 12.1. The summed E-state index contributed by atoms with van der Waals surface area (Å²) in [5.41, 5.74) is 1.30. The molecule has 0 aliphatic carbocycles. The number of rotatable bonds is 10. The van der Waals surface area contributed by atoms with Crippen LogP contribution in [0.15, 0.2) is 42.5 Å². The number of carbonyl (C=O) groups excluding carboxylic acids is 2. The molecule has 0 heterocycles. The second-order valence-corrected chi connectivity index (χ2v) is 7.84. The Morgan fingerprint density at radius 3 is 1.35 bits per heavy atom. The van der Waals surface area contributed by atoms with E-state index in [1.54, 1.807) is 12.1 Å². The van der Waals surface area contributed by atoms with E-state index in [2.05, 4.69) is 10.6 Å². The molecule has 10 nitrogen and oxygen atoms in total. The Morgan fingerprint density at radius 1 is 0.595 bits per heavy atom. The van der Waals surface area contributed by atoms with E-state index in [4.69, 9.17) is 40.0 Å². The largest absolute Gasteiger partial charge is 0.493 e. The van der Waals surface area contributed by atoms with Crippen LogP contribution in [0.2, 0.25) is 5.02 Å². The minimum atomic E-state index is -0.449. The van der Waals surface area contributed by atoms with Crippen molar-refractivity contribution in [3.63, 3.8) is 0 Å². The van der Waals surface area contributed by atoms with Crippen LogP contribution in [0.3, 0.4) is 0 Å². The van der Waals surface area contributed by atoms with Gasteiger partial charge >= 0.3 is 0 Å². The van der Waals surface area contributed by atoms with E-state index in [-0.39, 0.29) is 16.1 Å². The summed E-state index contributed by atoms with van der Waals surface area (Å²) in [6.45, 7) is 0. The monoisotopic (exact) mass is 530 g/mol. The summed E-state index contributed by atoms with van der Waals surface area (Å²) < 4.78 is 31.8. The summed E-state index contributed by atoms with van der Waals surface area (Å²) in [5, 5.41) is 5.71. The summed E-state index contributed by atoms with van der Waals surface area (Å²) in [5.74, 6) is 1.22. The summed E-state index contributed by atoms with van der Waals surface area (Å²) in [4.78, 5) is 25.8. The number of hydrogen-bond donors (Lipinski definition) is 2. The van der Waals surface area contributed by atoms with E-state index in [1.807, 2.05) is 0 Å². The average Bonchev–Trinajstić information content (AvgIpc) is 2.92. The van der Waals surface area contributed by atoms with Crippen molar-refractivity contribution < 1.29 is 38.0 Å². The first-order chi connectivity index (χ1) is 17.8. The van der Waals surface area contributed by atoms with Crippen molar-refractivity contribution in [3.05, 3.63) is 58.6 Å². The number of amides is 2. The van der Waals surface area contributed by atoms with Gasteiger partial charge in [-0.15, -0.1) is 0 Å². The maximum absolute atomic E-state index is 12.9. The molecule has 0 aliphatic heterocycles. The molecule has 0 saturated carbocycles. The molecule has 2 N–H and O–H groups in total. The van der Waals surface area contributed by atoms with E-state index >= 15 is 0 Å². The fourth-order valence-electron chi connectivity index (χ4n) is 3.52. The van der Waals surface area contributed by atoms with Gasteiger partial charge < -0.3 is 39.1 Å². The predicted octanol–water partition coefficient (Wildman–Crippen LogP) is 4.90. The first kappa shape index (κ1) is 27.3. The fraction of sp³-hybridized carbons (Fsp3) is 0.231. The normalized spacial score (nSPS) is 10.2. The lowest BCUT2D eigenvalue weighted by atomic mass is 10.1. The third-order valence-corrected chi connectivity index (χ3v) is 5.64. The van der Waals surface area contributed by atoms with Gasteiger partial charge in [-0.3, -0.25) is 9.59 Å². The number of ether oxygens (including phenoxy) is 6. The molecule has 3 aromatic carbocycles. The van der Waals surface area contributed by atoms with Gasteiger partial charge in [-0.25, -0.2) is 0 Å². The Hall–Kier alpha value is -4.31. The van der Waals surface area contributed by atoms with Crippen LogP contribution in [0, 0.1) is 0 Å². The lowest BCUT2D eigenvalue weighted by Crippen LogP contribution is -2.14. The smallest absolute Gasteiger partial charge is 0.255 e. The Morgan fingerprint density at radius 2 is 1.00 bits per heavy atom. The van der Waals surface area contributed by atoms with E-state index in [0.717, 1.165) is 0 Å². The Bertz CT molecular complexity index is 1260. The summed E-state index contributed by atoms with van der Waals surface area (Å²) in [6, 6.07) is 10.8. The zero-order valence-corrected chi connectivity index (χ0v) is 21.9. The summed E-state index contributed by atoms with van der Waals surface area (Å²) >= 11 is 6.40. The van der Waals surface area contributed by atoms with Crippen LogP contribution >= 0.6 is 11.6 Å². The minimum Gasteiger partial charge on any atom is -0.493 e. The SMILES string of the molecule is COc1cc(C(=O)Nc2ccc(NC(=O)c3cc(OC)c(OC)c(OC)c3)c(Cl)c2)cc(OC)c1OC. The highest BCUT2D eigenvalue weighted by Crippen LogP contribution is 2.39. The Kier molecular flexibility index (Phi) is 8.91. The molecule has 0 aliphatic rings. The number of benzene rings is 3. The fourth-order valence-corrected chi connectivity index (χ4v) is 3.74. The third kappa shape index (κ3) is 5.92. The number of methoxy groups -OCH3 is 6. The van der Waals surface area contributed by atoms with Gasteiger partial charge in [0.1, 0.15) is 0 Å². The van der Waals surface area contributed by atoms with E-state index < -0.39 is 11.8 Å². The molecule has 0 aromatic heterocycles. The third-order valence-electron chi connectivity index (χ3n) is 5.33. The number of halogens is 1. The van der Waals surface area contributed by atoms with Crippen molar-refractivity contribution in [1.82, 2.24) is 0 Å². The zero-order valence-electron chi connectivity index (χ0n) is 21.2. The summed E-state index contributed by atoms with van der Waals surface area (Å²) in [6.07, 6.45) is 0. The topological polar surface area (TPSA) is 114 Å². The van der Waals surface area contributed by atoms with Crippen LogP contribution in [0.5, 0.6) is 34.5 Å². The predicted molar refractivity (Wildman–Crippen MR) is 140 cm³/mol. The summed E-state index contributed by atoms with van der Waals surface area (Å²) in [7, 11) is 8.79. The molecule has 11 heteroatoms. The Balaban J connectivity index is 1.80. The van der Waals surface area contributed by atoms with Crippen LogP contribution in [-0.4, -0.2) is 54.5 Å². The zero-order chi connectivity index (χ0) is 27.1. The molecule has 2 amide bonds.